The highest BCUT2D eigenvalue weighted by Crippen LogP contribution is 2.53. The molecule has 9 rings (SSSR count). The number of carbonyl (C=O) groups is 1. The van der Waals surface area contributed by atoms with E-state index in [9.17, 15) is 9.90 Å². The molecule has 4 fully saturated rings. The van der Waals surface area contributed by atoms with Crippen LogP contribution < -0.4 is 14.8 Å². The predicted octanol–water partition coefficient (Wildman–Crippen LogP) is 8.18. The summed E-state index contributed by atoms with van der Waals surface area (Å²) < 4.78 is 49.2. The Balaban J connectivity index is 1.24. The number of nitrogens with zero attached hydrogens (tertiary/aromatic N) is 5. The van der Waals surface area contributed by atoms with Gasteiger partial charge in [-0.15, -0.1) is 6.42 Å². The smallest absolute Gasteiger partial charge is 0.410 e. The van der Waals surface area contributed by atoms with Crippen molar-refractivity contribution in [1.82, 2.24) is 24.6 Å². The van der Waals surface area contributed by atoms with Crippen LogP contribution in [0.2, 0.25) is 0 Å². The van der Waals surface area contributed by atoms with E-state index in [-0.39, 0.29) is 49.8 Å². The zero-order chi connectivity index (χ0) is 42.4. The molecule has 3 saturated heterocycles. The highest BCUT2D eigenvalue weighted by molar-refractivity contribution is 6.06. The fraction of sp³-hybridized carbons (Fsp3) is 0.489. The summed E-state index contributed by atoms with van der Waals surface area (Å²) in [5.41, 5.74) is 4.87. The molecule has 13 nitrogen and oxygen atoms in total. The van der Waals surface area contributed by atoms with Crippen LogP contribution in [-0.2, 0) is 20.8 Å². The lowest BCUT2D eigenvalue weighted by Gasteiger charge is -2.26. The van der Waals surface area contributed by atoms with E-state index in [1.165, 1.54) is 4.90 Å². The lowest BCUT2D eigenvalue weighted by molar-refractivity contribution is -0.0366. The summed E-state index contributed by atoms with van der Waals surface area (Å²) in [5.74, 6) is 3.33. The highest BCUT2D eigenvalue weighted by atomic mass is 19.1. The number of likely N-dealkylation sites (tertiary alicyclic amines) is 1. The summed E-state index contributed by atoms with van der Waals surface area (Å²) >= 11 is 0. The summed E-state index contributed by atoms with van der Waals surface area (Å²) in [6, 6.07) is 10.8. The fourth-order valence-electron chi connectivity index (χ4n) is 8.61. The number of carbonyl (C=O) groups excluding carboxylic acids is 1. The summed E-state index contributed by atoms with van der Waals surface area (Å²) in [6.45, 7) is 9.37. The maximum Gasteiger partial charge on any atom is 0.410 e. The molecular formula is C47H53FN6O7. The van der Waals surface area contributed by atoms with Gasteiger partial charge in [-0.25, -0.2) is 13.9 Å². The average molecular weight is 833 g/mol. The first kappa shape index (κ1) is 40.9. The van der Waals surface area contributed by atoms with Crippen LogP contribution in [0.3, 0.4) is 0 Å². The molecular weight excluding hydrogens is 780 g/mol. The van der Waals surface area contributed by atoms with Gasteiger partial charge in [0.15, 0.2) is 12.0 Å². The summed E-state index contributed by atoms with van der Waals surface area (Å²) in [7, 11) is 0. The van der Waals surface area contributed by atoms with Gasteiger partial charge in [-0.3, -0.25) is 0 Å². The monoisotopic (exact) mass is 832 g/mol. The first-order valence-electron chi connectivity index (χ1n) is 21.5. The van der Waals surface area contributed by atoms with Gasteiger partial charge in [0.25, 0.3) is 0 Å². The molecule has 3 aliphatic heterocycles. The zero-order valence-electron chi connectivity index (χ0n) is 35.2. The van der Waals surface area contributed by atoms with Crippen LogP contribution in [0.25, 0.3) is 32.9 Å². The number of amides is 1. The number of fused-ring (bicyclic) bond motifs is 2. The Morgan fingerprint density at radius 2 is 1.80 bits per heavy atom. The minimum absolute atomic E-state index is 0.0831. The standard InChI is InChI=1S/C47H53FN6O7/c1-6-28-10-12-29(13-11-28)26-59-43-41(40-27(2)35(48)22-37-34(40)23-49-54(37)39-9-7-8-18-58-39)32(30-14-15-30)21-33-42(43)51-45(60-31-16-19-57-20-17-31)52-44(33)50-36-24-53(25-38(36)55)46(56)61-47(3,4)5/h1,10-13,21-23,30-31,36,38-39,55H,7-9,14-20,24-26H2,2-5H3,(H,50,51,52)/t36-,38+,39?/m1/s1. The van der Waals surface area contributed by atoms with Gasteiger partial charge in [-0.05, 0) is 101 Å². The summed E-state index contributed by atoms with van der Waals surface area (Å²) in [6.07, 6.45) is 11.5. The summed E-state index contributed by atoms with van der Waals surface area (Å²) in [5, 5.41) is 21.1. The van der Waals surface area contributed by atoms with Crippen molar-refractivity contribution in [3.05, 3.63) is 70.7 Å². The van der Waals surface area contributed by atoms with Crippen LogP contribution in [0.5, 0.6) is 11.8 Å². The number of hydrogen-bond acceptors (Lipinski definition) is 11. The number of nitrogens with one attached hydrogen (secondary N) is 1. The molecule has 1 amide bonds. The van der Waals surface area contributed by atoms with Gasteiger partial charge < -0.3 is 39.0 Å². The number of ether oxygens (including phenoxy) is 5. The van der Waals surface area contributed by atoms with Gasteiger partial charge in [0.05, 0.1) is 43.6 Å². The third-order valence-electron chi connectivity index (χ3n) is 12.0. The fourth-order valence-corrected chi connectivity index (χ4v) is 8.61. The minimum atomic E-state index is -0.922. The molecule has 2 N–H and O–H groups in total. The SMILES string of the molecule is C#Cc1ccc(COc2c(-c3c(C)c(F)cc4c3cnn4C3CCCCO3)c(C3CC3)cc3c(N[C@@H]4CN(C(=O)OC(C)(C)C)C[C@@H]4O)nc(OC4CCOCC4)nc23)cc1. The number of β-amino-alcohol motifs (C(OH)–C–C–N with tert-alkyl or cyclic N) is 1. The molecule has 320 valence electrons. The van der Waals surface area contributed by atoms with E-state index in [1.807, 2.05) is 55.9 Å². The first-order chi connectivity index (χ1) is 29.4. The number of halogens is 1. The van der Waals surface area contributed by atoms with E-state index >= 15 is 4.39 Å². The van der Waals surface area contributed by atoms with Crippen LogP contribution in [0, 0.1) is 25.1 Å². The first-order valence-corrected chi connectivity index (χ1v) is 21.5. The molecule has 1 unspecified atom stereocenters. The van der Waals surface area contributed by atoms with Gasteiger partial charge in [0, 0.05) is 59.5 Å². The predicted molar refractivity (Wildman–Crippen MR) is 228 cm³/mol. The number of anilines is 1. The molecule has 1 aliphatic carbocycles. The highest BCUT2D eigenvalue weighted by Gasteiger charge is 2.38. The van der Waals surface area contributed by atoms with Gasteiger partial charge in [-0.1, -0.05) is 18.1 Å². The van der Waals surface area contributed by atoms with E-state index in [2.05, 4.69) is 17.3 Å². The number of rotatable bonds is 10. The van der Waals surface area contributed by atoms with Crippen molar-refractivity contribution in [2.45, 2.75) is 115 Å². The second-order valence-corrected chi connectivity index (χ2v) is 17.7. The number of benzene rings is 3. The maximum atomic E-state index is 16.5. The van der Waals surface area contributed by atoms with Crippen molar-refractivity contribution in [3.8, 4) is 35.2 Å². The second kappa shape index (κ2) is 16.8. The number of terminal acetylenes is 1. The lowest BCUT2D eigenvalue weighted by atomic mass is 9.88. The van der Waals surface area contributed by atoms with Gasteiger partial charge >= 0.3 is 12.1 Å². The molecule has 0 spiro atoms. The van der Waals surface area contributed by atoms with Crippen molar-refractivity contribution in [3.63, 3.8) is 0 Å². The molecule has 1 saturated carbocycles. The Bertz CT molecular complexity index is 2480. The van der Waals surface area contributed by atoms with Crippen LogP contribution in [0.4, 0.5) is 15.0 Å². The van der Waals surface area contributed by atoms with Gasteiger partial charge in [0.2, 0.25) is 0 Å². The van der Waals surface area contributed by atoms with Crippen molar-refractivity contribution in [2.75, 3.05) is 38.2 Å². The number of hydrogen-bond donors (Lipinski definition) is 2. The molecule has 0 radical (unpaired) electrons. The topological polar surface area (TPSA) is 142 Å². The molecule has 5 aromatic rings. The zero-order valence-corrected chi connectivity index (χ0v) is 35.2. The van der Waals surface area contributed by atoms with E-state index in [4.69, 9.17) is 45.2 Å². The third-order valence-corrected chi connectivity index (χ3v) is 12.0. The Kier molecular flexibility index (Phi) is 11.2. The normalized spacial score (nSPS) is 21.1. The van der Waals surface area contributed by atoms with E-state index in [0.29, 0.717) is 71.8 Å². The molecule has 3 aromatic carbocycles. The van der Waals surface area contributed by atoms with Crippen LogP contribution in [-0.4, -0.2) is 92.6 Å². The molecule has 61 heavy (non-hydrogen) atoms. The van der Waals surface area contributed by atoms with Crippen LogP contribution in [0.15, 0.2) is 42.6 Å². The van der Waals surface area contributed by atoms with Gasteiger partial charge in [-0.2, -0.15) is 15.1 Å². The molecule has 4 aliphatic rings. The average Bonchev–Trinajstić information content (AvgIpc) is 3.91. The number of aromatic nitrogens is 4. The van der Waals surface area contributed by atoms with Gasteiger partial charge in [0.1, 0.15) is 35.5 Å². The Morgan fingerprint density at radius 1 is 1.02 bits per heavy atom. The quantitative estimate of drug-likeness (QED) is 0.132. The van der Waals surface area contributed by atoms with Crippen molar-refractivity contribution in [2.24, 2.45) is 0 Å². The largest absolute Gasteiger partial charge is 0.486 e. The van der Waals surface area contributed by atoms with Crippen molar-refractivity contribution < 1.29 is 38.0 Å². The van der Waals surface area contributed by atoms with E-state index < -0.39 is 23.8 Å². The molecule has 5 heterocycles. The van der Waals surface area contributed by atoms with E-state index in [1.54, 1.807) is 13.0 Å². The van der Waals surface area contributed by atoms with E-state index in [0.717, 1.165) is 59.7 Å². The Labute approximate surface area is 354 Å². The molecule has 14 heteroatoms. The maximum absolute atomic E-state index is 16.5. The minimum Gasteiger partial charge on any atom is -0.486 e. The Hall–Kier alpha value is -5.49. The summed E-state index contributed by atoms with van der Waals surface area (Å²) in [4.78, 5) is 24.7. The van der Waals surface area contributed by atoms with Crippen LogP contribution in [0.1, 0.15) is 100 Å². The number of aliphatic hydroxyl groups excluding tert-OH is 1. The molecule has 3 atom stereocenters. The Morgan fingerprint density at radius 3 is 2.51 bits per heavy atom. The second-order valence-electron chi connectivity index (χ2n) is 17.7. The molecule has 2 aromatic heterocycles. The lowest BCUT2D eigenvalue weighted by Crippen LogP contribution is -2.36. The van der Waals surface area contributed by atoms with Crippen molar-refractivity contribution in [1.29, 1.82) is 0 Å². The van der Waals surface area contributed by atoms with Crippen LogP contribution >= 0.6 is 0 Å². The van der Waals surface area contributed by atoms with Crippen molar-refractivity contribution >= 4 is 33.7 Å². The number of aliphatic hydroxyl groups is 1. The molecule has 0 bridgehead atoms. The third kappa shape index (κ3) is 8.56.